The molecule has 2 saturated heterocycles. The van der Waals surface area contributed by atoms with Gasteiger partial charge in [-0.3, -0.25) is 0 Å². The van der Waals surface area contributed by atoms with Gasteiger partial charge in [0.2, 0.25) is 0 Å². The molecular formula is C32H34O7. The number of esters is 2. The highest BCUT2D eigenvalue weighted by molar-refractivity contribution is 6.21. The van der Waals surface area contributed by atoms with Gasteiger partial charge in [-0.05, 0) is 68.0 Å². The van der Waals surface area contributed by atoms with Crippen molar-refractivity contribution in [2.45, 2.75) is 50.4 Å². The largest absolute Gasteiger partial charge is 0.497 e. The van der Waals surface area contributed by atoms with Crippen LogP contribution in [0, 0.1) is 5.92 Å². The summed E-state index contributed by atoms with van der Waals surface area (Å²) in [5, 5.41) is 0. The molecule has 1 aliphatic carbocycles. The van der Waals surface area contributed by atoms with Crippen LogP contribution < -0.4 is 9.47 Å². The van der Waals surface area contributed by atoms with E-state index in [-0.39, 0.29) is 36.3 Å². The second-order valence-electron chi connectivity index (χ2n) is 10.4. The Bertz CT molecular complexity index is 1330. The number of epoxide rings is 1. The summed E-state index contributed by atoms with van der Waals surface area (Å²) in [6.45, 7) is 6.19. The maximum absolute atomic E-state index is 13.5. The van der Waals surface area contributed by atoms with Crippen LogP contribution in [0.5, 0.6) is 11.5 Å². The molecule has 0 saturated carbocycles. The summed E-state index contributed by atoms with van der Waals surface area (Å²) in [5.41, 5.74) is 3.03. The van der Waals surface area contributed by atoms with E-state index in [4.69, 9.17) is 23.7 Å². The highest BCUT2D eigenvalue weighted by Gasteiger charge is 2.61. The Morgan fingerprint density at radius 1 is 1.15 bits per heavy atom. The van der Waals surface area contributed by atoms with Gasteiger partial charge in [0.1, 0.15) is 30.3 Å². The van der Waals surface area contributed by atoms with Gasteiger partial charge in [0.15, 0.2) is 0 Å². The van der Waals surface area contributed by atoms with Gasteiger partial charge in [0.05, 0.1) is 25.4 Å². The molecule has 7 heteroatoms. The minimum absolute atomic E-state index is 0.0920. The van der Waals surface area contributed by atoms with Crippen LogP contribution in [0.1, 0.15) is 43.7 Å². The molecule has 204 valence electrons. The highest BCUT2D eigenvalue weighted by atomic mass is 16.6. The lowest BCUT2D eigenvalue weighted by Crippen LogP contribution is -2.29. The maximum atomic E-state index is 13.5. The van der Waals surface area contributed by atoms with Gasteiger partial charge < -0.3 is 23.7 Å². The fourth-order valence-corrected chi connectivity index (χ4v) is 5.47. The van der Waals surface area contributed by atoms with Crippen LogP contribution in [0.25, 0.3) is 11.6 Å². The average molecular weight is 531 g/mol. The zero-order valence-corrected chi connectivity index (χ0v) is 22.6. The van der Waals surface area contributed by atoms with Crippen LogP contribution in [-0.4, -0.2) is 50.6 Å². The van der Waals surface area contributed by atoms with Crippen molar-refractivity contribution in [3.63, 3.8) is 0 Å². The first-order valence-corrected chi connectivity index (χ1v) is 13.2. The predicted octanol–water partition coefficient (Wildman–Crippen LogP) is 5.54. The molecule has 2 aliphatic heterocycles. The zero-order valence-electron chi connectivity index (χ0n) is 22.6. The summed E-state index contributed by atoms with van der Waals surface area (Å²) in [6, 6.07) is 14.8. The highest BCUT2D eigenvalue weighted by Crippen LogP contribution is 2.49. The first kappa shape index (κ1) is 26.8. The van der Waals surface area contributed by atoms with Crippen molar-refractivity contribution < 1.29 is 33.3 Å². The lowest BCUT2D eigenvalue weighted by molar-refractivity contribution is -0.140. The van der Waals surface area contributed by atoms with Crippen molar-refractivity contribution in [2.24, 2.45) is 5.92 Å². The molecule has 3 aliphatic rings. The fourth-order valence-electron chi connectivity index (χ4n) is 5.47. The summed E-state index contributed by atoms with van der Waals surface area (Å²) in [5.74, 6) is 0.374. The van der Waals surface area contributed by atoms with Crippen LogP contribution in [0.3, 0.4) is 0 Å². The van der Waals surface area contributed by atoms with Crippen molar-refractivity contribution >= 4 is 23.6 Å². The standard InChI is InChI=1S/C32H34O7/c1-20-25-14-12-21(9-8-16-32(2)29(39-32)28(25)38-30(20)33)19-37-31(34)26(22-10-6-5-7-11-22)18-23-17-24(35-3)13-15-27(23)36-4/h5-7,9-11,13,15,17-18,25,28-29H,1,8,12,14,16,19H2,2-4H3/b21-9+,26-18+/t25-,28-,29-,32+/m0/s1. The summed E-state index contributed by atoms with van der Waals surface area (Å²) in [6.07, 6.45) is 6.44. The summed E-state index contributed by atoms with van der Waals surface area (Å²) >= 11 is 0. The molecule has 0 unspecified atom stereocenters. The maximum Gasteiger partial charge on any atom is 0.339 e. The van der Waals surface area contributed by atoms with Gasteiger partial charge in [-0.15, -0.1) is 0 Å². The van der Waals surface area contributed by atoms with Crippen molar-refractivity contribution in [3.05, 3.63) is 83.5 Å². The van der Waals surface area contributed by atoms with Gasteiger partial charge in [-0.2, -0.15) is 0 Å². The zero-order chi connectivity index (χ0) is 27.6. The molecule has 0 aromatic heterocycles. The smallest absolute Gasteiger partial charge is 0.339 e. The Morgan fingerprint density at radius 3 is 2.69 bits per heavy atom. The van der Waals surface area contributed by atoms with E-state index in [2.05, 4.69) is 19.6 Å². The Kier molecular flexibility index (Phi) is 7.62. The normalized spacial score (nSPS) is 27.8. The number of fused-ring (bicyclic) bond motifs is 3. The molecule has 0 amide bonds. The Labute approximate surface area is 229 Å². The second kappa shape index (κ2) is 11.1. The van der Waals surface area contributed by atoms with Gasteiger partial charge in [0.25, 0.3) is 0 Å². The van der Waals surface area contributed by atoms with Crippen LogP contribution in [0.15, 0.2) is 72.3 Å². The number of methoxy groups -OCH3 is 2. The molecule has 0 bridgehead atoms. The van der Waals surface area contributed by atoms with Gasteiger partial charge in [-0.25, -0.2) is 9.59 Å². The lowest BCUT2D eigenvalue weighted by Gasteiger charge is -2.20. The summed E-state index contributed by atoms with van der Waals surface area (Å²) in [7, 11) is 3.18. The van der Waals surface area contributed by atoms with Crippen LogP contribution in [-0.2, 0) is 23.8 Å². The molecule has 2 aromatic carbocycles. The lowest BCUT2D eigenvalue weighted by atomic mass is 9.84. The molecule has 2 aromatic rings. The average Bonchev–Trinajstić information content (AvgIpc) is 3.54. The van der Waals surface area contributed by atoms with E-state index in [1.54, 1.807) is 32.4 Å². The second-order valence-corrected chi connectivity index (χ2v) is 10.4. The number of allylic oxidation sites excluding steroid dienone is 1. The summed E-state index contributed by atoms with van der Waals surface area (Å²) in [4.78, 5) is 25.8. The van der Waals surface area contributed by atoms with E-state index in [0.29, 0.717) is 41.1 Å². The first-order chi connectivity index (χ1) is 18.8. The van der Waals surface area contributed by atoms with Crippen molar-refractivity contribution in [1.29, 1.82) is 0 Å². The Hall–Kier alpha value is -3.84. The quantitative estimate of drug-likeness (QED) is 0.153. The van der Waals surface area contributed by atoms with Gasteiger partial charge in [0, 0.05) is 17.1 Å². The number of rotatable bonds is 7. The van der Waals surface area contributed by atoms with Crippen molar-refractivity contribution in [2.75, 3.05) is 20.8 Å². The molecule has 2 fully saturated rings. The molecule has 4 atom stereocenters. The number of hydrogen-bond donors (Lipinski definition) is 0. The van der Waals surface area contributed by atoms with Gasteiger partial charge >= 0.3 is 11.9 Å². The Morgan fingerprint density at radius 2 is 1.95 bits per heavy atom. The molecule has 2 heterocycles. The van der Waals surface area contributed by atoms with Crippen molar-refractivity contribution in [3.8, 4) is 11.5 Å². The third-order valence-corrected chi connectivity index (χ3v) is 7.87. The van der Waals surface area contributed by atoms with Crippen LogP contribution in [0.2, 0.25) is 0 Å². The Balaban J connectivity index is 1.36. The topological polar surface area (TPSA) is 83.6 Å². The number of hydrogen-bond acceptors (Lipinski definition) is 7. The fraction of sp³-hybridized carbons (Fsp3) is 0.375. The molecule has 39 heavy (non-hydrogen) atoms. The van der Waals surface area contributed by atoms with Crippen LogP contribution in [0.4, 0.5) is 0 Å². The molecule has 0 N–H and O–H groups in total. The van der Waals surface area contributed by atoms with E-state index < -0.39 is 5.97 Å². The number of carbonyl (C=O) groups excluding carboxylic acids is 2. The monoisotopic (exact) mass is 530 g/mol. The SMILES string of the molecule is C=C1C(=O)O[C@H]2[C@H]1CC/C(COC(=O)/C(=C/c1cc(OC)ccc1OC)c1ccccc1)=C\CC[C@@]1(C)O[C@@H]21. The molecule has 0 spiro atoms. The van der Waals surface area contributed by atoms with E-state index in [9.17, 15) is 9.59 Å². The van der Waals surface area contributed by atoms with E-state index in [1.165, 1.54) is 0 Å². The van der Waals surface area contributed by atoms with E-state index in [1.807, 2.05) is 36.4 Å². The van der Waals surface area contributed by atoms with E-state index >= 15 is 0 Å². The molecule has 7 nitrogen and oxygen atoms in total. The van der Waals surface area contributed by atoms with Crippen LogP contribution >= 0.6 is 0 Å². The minimum atomic E-state index is -0.441. The first-order valence-electron chi connectivity index (χ1n) is 13.2. The van der Waals surface area contributed by atoms with Gasteiger partial charge in [-0.1, -0.05) is 43.0 Å². The number of benzene rings is 2. The minimum Gasteiger partial charge on any atom is -0.497 e. The summed E-state index contributed by atoms with van der Waals surface area (Å²) < 4.78 is 28.4. The third-order valence-electron chi connectivity index (χ3n) is 7.87. The third kappa shape index (κ3) is 5.64. The molecule has 5 rings (SSSR count). The predicted molar refractivity (Wildman–Crippen MR) is 147 cm³/mol. The van der Waals surface area contributed by atoms with E-state index in [0.717, 1.165) is 24.0 Å². The van der Waals surface area contributed by atoms with Crippen molar-refractivity contribution in [1.82, 2.24) is 0 Å². The number of ether oxygens (including phenoxy) is 5. The molecule has 0 radical (unpaired) electrons. The number of carbonyl (C=O) groups is 2. The molecular weight excluding hydrogens is 496 g/mol.